The molecule has 0 aliphatic heterocycles. The van der Waals surface area contributed by atoms with Gasteiger partial charge in [-0.05, 0) is 24.3 Å². The van der Waals surface area contributed by atoms with Gasteiger partial charge in [0.2, 0.25) is 0 Å². The normalized spacial score (nSPS) is 10.7. The maximum atomic E-state index is 5.99. The second-order valence-electron chi connectivity index (χ2n) is 3.69. The largest absolute Gasteiger partial charge is 0.398 e. The molecule has 0 atom stereocenters. The molecule has 0 amide bonds. The third-order valence-electron chi connectivity index (χ3n) is 2.46. The fourth-order valence-electron chi connectivity index (χ4n) is 1.48. The second-order valence-corrected chi connectivity index (χ2v) is 4.96. The van der Waals surface area contributed by atoms with Crippen molar-refractivity contribution in [1.82, 2.24) is 10.1 Å². The molecule has 17 heavy (non-hydrogen) atoms. The molecule has 0 aliphatic rings. The van der Waals surface area contributed by atoms with Crippen molar-refractivity contribution in [3.63, 3.8) is 0 Å². The summed E-state index contributed by atoms with van der Waals surface area (Å²) in [5.74, 6) is 3.02. The molecule has 2 N–H and O–H groups in total. The van der Waals surface area contributed by atoms with E-state index in [1.54, 1.807) is 11.8 Å². The Labute approximate surface area is 105 Å². The van der Waals surface area contributed by atoms with Crippen LogP contribution >= 0.6 is 11.8 Å². The van der Waals surface area contributed by atoms with Gasteiger partial charge in [0.1, 0.15) is 0 Å². The predicted molar refractivity (Wildman–Crippen MR) is 70.7 cm³/mol. The topological polar surface area (TPSA) is 64.9 Å². The molecular formula is C12H15N3OS. The lowest BCUT2D eigenvalue weighted by atomic mass is 10.1. The van der Waals surface area contributed by atoms with Gasteiger partial charge in [-0.1, -0.05) is 24.2 Å². The van der Waals surface area contributed by atoms with E-state index >= 15 is 0 Å². The number of aryl methyl sites for hydroxylation is 1. The van der Waals surface area contributed by atoms with Crippen LogP contribution in [0.15, 0.2) is 22.7 Å². The van der Waals surface area contributed by atoms with Crippen molar-refractivity contribution in [1.29, 1.82) is 0 Å². The Morgan fingerprint density at radius 3 is 3.00 bits per heavy atom. The van der Waals surface area contributed by atoms with E-state index in [1.807, 2.05) is 25.1 Å². The summed E-state index contributed by atoms with van der Waals surface area (Å²) in [4.78, 5) is 4.34. The average Bonchev–Trinajstić information content (AvgIpc) is 2.78. The molecule has 0 fully saturated rings. The monoisotopic (exact) mass is 249 g/mol. The summed E-state index contributed by atoms with van der Waals surface area (Å²) in [6, 6.07) is 5.79. The van der Waals surface area contributed by atoms with Gasteiger partial charge in [-0.15, -0.1) is 0 Å². The van der Waals surface area contributed by atoms with Crippen molar-refractivity contribution in [2.75, 3.05) is 11.5 Å². The van der Waals surface area contributed by atoms with E-state index in [0.29, 0.717) is 17.4 Å². The third-order valence-corrected chi connectivity index (χ3v) is 3.33. The van der Waals surface area contributed by atoms with E-state index in [1.165, 1.54) is 0 Å². The van der Waals surface area contributed by atoms with Crippen LogP contribution in [0.25, 0.3) is 11.5 Å². The molecule has 0 aliphatic carbocycles. The first-order valence-corrected chi connectivity index (χ1v) is 6.63. The molecule has 0 saturated heterocycles. The zero-order valence-corrected chi connectivity index (χ0v) is 10.8. The Morgan fingerprint density at radius 2 is 2.24 bits per heavy atom. The van der Waals surface area contributed by atoms with Crippen LogP contribution in [0, 0.1) is 6.92 Å². The van der Waals surface area contributed by atoms with Crippen molar-refractivity contribution < 1.29 is 4.52 Å². The summed E-state index contributed by atoms with van der Waals surface area (Å²) in [6.07, 6.45) is 0. The van der Waals surface area contributed by atoms with Crippen molar-refractivity contribution >= 4 is 17.4 Å². The van der Waals surface area contributed by atoms with Crippen LogP contribution in [-0.4, -0.2) is 15.9 Å². The Balaban J connectivity index is 2.27. The molecular weight excluding hydrogens is 234 g/mol. The SMILES string of the molecule is CCSCc1noc(-c2cccc(C)c2N)n1. The number of nitrogens with zero attached hydrogens (tertiary/aromatic N) is 2. The van der Waals surface area contributed by atoms with E-state index < -0.39 is 0 Å². The zero-order valence-electron chi connectivity index (χ0n) is 9.93. The van der Waals surface area contributed by atoms with Crippen LogP contribution in [0.5, 0.6) is 0 Å². The van der Waals surface area contributed by atoms with Gasteiger partial charge in [-0.25, -0.2) is 0 Å². The minimum Gasteiger partial charge on any atom is -0.398 e. The van der Waals surface area contributed by atoms with Gasteiger partial charge in [0, 0.05) is 5.69 Å². The van der Waals surface area contributed by atoms with Crippen molar-refractivity contribution in [3.8, 4) is 11.5 Å². The molecule has 1 aromatic heterocycles. The van der Waals surface area contributed by atoms with Gasteiger partial charge in [-0.2, -0.15) is 16.7 Å². The highest BCUT2D eigenvalue weighted by Crippen LogP contribution is 2.27. The van der Waals surface area contributed by atoms with Gasteiger partial charge < -0.3 is 10.3 Å². The first kappa shape index (κ1) is 12.0. The highest BCUT2D eigenvalue weighted by atomic mass is 32.2. The molecule has 0 spiro atoms. The second kappa shape index (κ2) is 5.23. The van der Waals surface area contributed by atoms with Gasteiger partial charge in [0.15, 0.2) is 5.82 Å². The summed E-state index contributed by atoms with van der Waals surface area (Å²) in [5, 5.41) is 3.94. The highest BCUT2D eigenvalue weighted by Gasteiger charge is 2.12. The molecule has 4 nitrogen and oxygen atoms in total. The smallest absolute Gasteiger partial charge is 0.260 e. The van der Waals surface area contributed by atoms with Crippen molar-refractivity contribution in [3.05, 3.63) is 29.6 Å². The standard InChI is InChI=1S/C12H15N3OS/c1-3-17-7-10-14-12(16-15-10)9-6-4-5-8(2)11(9)13/h4-6H,3,7,13H2,1-2H3. The molecule has 1 heterocycles. The summed E-state index contributed by atoms with van der Waals surface area (Å²) in [5.41, 5.74) is 8.52. The van der Waals surface area contributed by atoms with E-state index in [-0.39, 0.29) is 0 Å². The third kappa shape index (κ3) is 2.61. The van der Waals surface area contributed by atoms with Crippen LogP contribution < -0.4 is 5.73 Å². The Kier molecular flexibility index (Phi) is 3.68. The van der Waals surface area contributed by atoms with Crippen LogP contribution in [0.4, 0.5) is 5.69 Å². The molecule has 90 valence electrons. The molecule has 0 bridgehead atoms. The molecule has 2 aromatic rings. The first-order chi connectivity index (χ1) is 8.22. The Hall–Kier alpha value is -1.49. The lowest BCUT2D eigenvalue weighted by Gasteiger charge is -2.02. The number of hydrogen-bond acceptors (Lipinski definition) is 5. The van der Waals surface area contributed by atoms with Gasteiger partial charge in [-0.3, -0.25) is 0 Å². The van der Waals surface area contributed by atoms with Crippen LogP contribution in [0.2, 0.25) is 0 Å². The highest BCUT2D eigenvalue weighted by molar-refractivity contribution is 7.98. The minimum absolute atomic E-state index is 0.498. The molecule has 5 heteroatoms. The first-order valence-electron chi connectivity index (χ1n) is 5.48. The number of aromatic nitrogens is 2. The molecule has 0 saturated carbocycles. The zero-order chi connectivity index (χ0) is 12.3. The van der Waals surface area contributed by atoms with Gasteiger partial charge >= 0.3 is 0 Å². The van der Waals surface area contributed by atoms with E-state index in [0.717, 1.165) is 22.6 Å². The maximum absolute atomic E-state index is 5.99. The lowest BCUT2D eigenvalue weighted by Crippen LogP contribution is -1.93. The van der Waals surface area contributed by atoms with E-state index in [2.05, 4.69) is 17.1 Å². The summed E-state index contributed by atoms with van der Waals surface area (Å²) >= 11 is 1.76. The summed E-state index contributed by atoms with van der Waals surface area (Å²) in [7, 11) is 0. The number of para-hydroxylation sites is 1. The maximum Gasteiger partial charge on any atom is 0.260 e. The predicted octanol–water partition coefficient (Wildman–Crippen LogP) is 2.88. The molecule has 1 aromatic carbocycles. The van der Waals surface area contributed by atoms with Gasteiger partial charge in [0.05, 0.1) is 11.3 Å². The molecule has 0 unspecified atom stereocenters. The summed E-state index contributed by atoms with van der Waals surface area (Å²) < 4.78 is 5.23. The fraction of sp³-hybridized carbons (Fsp3) is 0.333. The average molecular weight is 249 g/mol. The lowest BCUT2D eigenvalue weighted by molar-refractivity contribution is 0.425. The quantitative estimate of drug-likeness (QED) is 0.844. The Morgan fingerprint density at radius 1 is 1.41 bits per heavy atom. The molecule has 2 rings (SSSR count). The summed E-state index contributed by atoms with van der Waals surface area (Å²) in [6.45, 7) is 4.06. The van der Waals surface area contributed by atoms with E-state index in [4.69, 9.17) is 10.3 Å². The number of rotatable bonds is 4. The van der Waals surface area contributed by atoms with Crippen molar-refractivity contribution in [2.24, 2.45) is 0 Å². The Bertz CT molecular complexity index is 510. The minimum atomic E-state index is 0.498. The number of hydrogen-bond donors (Lipinski definition) is 1. The van der Waals surface area contributed by atoms with Gasteiger partial charge in [0.25, 0.3) is 5.89 Å². The number of benzene rings is 1. The number of nitrogen functional groups attached to an aromatic ring is 1. The van der Waals surface area contributed by atoms with E-state index in [9.17, 15) is 0 Å². The number of nitrogens with two attached hydrogens (primary N) is 1. The van der Waals surface area contributed by atoms with Crippen LogP contribution in [0.3, 0.4) is 0 Å². The molecule has 0 radical (unpaired) electrons. The van der Waals surface area contributed by atoms with Crippen molar-refractivity contribution in [2.45, 2.75) is 19.6 Å². The fourth-order valence-corrected chi connectivity index (χ4v) is 1.99. The number of thioether (sulfide) groups is 1. The van der Waals surface area contributed by atoms with Crippen LogP contribution in [-0.2, 0) is 5.75 Å². The van der Waals surface area contributed by atoms with Crippen LogP contribution in [0.1, 0.15) is 18.3 Å². The number of anilines is 1.